The van der Waals surface area contributed by atoms with Crippen molar-refractivity contribution in [3.8, 4) is 0 Å². The summed E-state index contributed by atoms with van der Waals surface area (Å²) in [6.45, 7) is 5.10. The van der Waals surface area contributed by atoms with E-state index >= 15 is 25.3 Å². The minimum absolute atomic E-state index is 0.247. The summed E-state index contributed by atoms with van der Waals surface area (Å²) in [6, 6.07) is 4.63. The van der Waals surface area contributed by atoms with Crippen LogP contribution in [-0.4, -0.2) is 117 Å². The summed E-state index contributed by atoms with van der Waals surface area (Å²) in [5, 5.41) is 0. The molecule has 390 valence electrons. The molecular formula is C51H45N3O18S3. The lowest BCUT2D eigenvalue weighted by Gasteiger charge is -2.32. The van der Waals surface area contributed by atoms with E-state index in [2.05, 4.69) is 0 Å². The monoisotopic (exact) mass is 1080 g/mol. The van der Waals surface area contributed by atoms with Crippen molar-refractivity contribution in [2.45, 2.75) is 71.7 Å². The van der Waals surface area contributed by atoms with Crippen molar-refractivity contribution in [3.05, 3.63) is 156 Å². The van der Waals surface area contributed by atoms with Gasteiger partial charge in [0.15, 0.2) is 0 Å². The molecule has 0 saturated carbocycles. The van der Waals surface area contributed by atoms with Gasteiger partial charge >= 0.3 is 35.8 Å². The number of aryl methyl sites for hydroxylation is 3. The quantitative estimate of drug-likeness (QED) is 0.144. The van der Waals surface area contributed by atoms with E-state index in [0.717, 1.165) is 55.6 Å². The van der Waals surface area contributed by atoms with Gasteiger partial charge in [0.25, 0.3) is 0 Å². The van der Waals surface area contributed by atoms with Gasteiger partial charge in [0.05, 0.1) is 127 Å². The normalized spacial score (nSPS) is 22.5. The number of carbonyl (C=O) groups is 6. The second kappa shape index (κ2) is 17.6. The van der Waals surface area contributed by atoms with Crippen molar-refractivity contribution in [3.63, 3.8) is 0 Å². The number of hydrogen-bond donors (Lipinski definition) is 0. The molecule has 0 amide bonds. The van der Waals surface area contributed by atoms with E-state index in [4.69, 9.17) is 28.4 Å². The molecule has 4 aromatic rings. The molecule has 6 aliphatic rings. The van der Waals surface area contributed by atoms with E-state index in [1.54, 1.807) is 20.8 Å². The number of carbonyl (C=O) groups excluding carboxylic acids is 6. The van der Waals surface area contributed by atoms with Crippen molar-refractivity contribution < 1.29 is 82.4 Å². The standard InChI is InChI=1S/C51H45N3O18S3/c1-22-10-16-25(17-11-22)73(61,62)52-40-28-29(41(52)35(47(56)68-5)34(40)46(55)67-4)31-33(45-39(51(60)72-9)37(49(58)70-7)43(31)54(45)75(65,66)27-20-14-24(3)15-21-27)32-30(28)42-36(48(57)69-6)38(50(59)71-8)44(32)53(42)74(63,64)26-18-12-23(2)13-19-26/h10-21,40-45H,1-9H3/t40-,41+,42-,43-,44+,45+. The number of rotatable bonds is 12. The molecule has 0 N–H and O–H groups in total. The van der Waals surface area contributed by atoms with Crippen LogP contribution in [0.2, 0.25) is 0 Å². The highest BCUT2D eigenvalue weighted by Gasteiger charge is 2.71. The van der Waals surface area contributed by atoms with Gasteiger partial charge in [0, 0.05) is 0 Å². The van der Waals surface area contributed by atoms with Crippen LogP contribution < -0.4 is 0 Å². The fourth-order valence-electron chi connectivity index (χ4n) is 11.7. The van der Waals surface area contributed by atoms with Crippen molar-refractivity contribution in [1.82, 2.24) is 12.9 Å². The van der Waals surface area contributed by atoms with Crippen molar-refractivity contribution in [1.29, 1.82) is 0 Å². The van der Waals surface area contributed by atoms with Crippen LogP contribution in [0.15, 0.2) is 121 Å². The van der Waals surface area contributed by atoms with Gasteiger partial charge in [-0.15, -0.1) is 0 Å². The van der Waals surface area contributed by atoms with Gasteiger partial charge in [-0.2, -0.15) is 12.9 Å². The lowest BCUT2D eigenvalue weighted by Crippen LogP contribution is -2.32. The molecule has 0 fully saturated rings. The van der Waals surface area contributed by atoms with Gasteiger partial charge in [-0.25, -0.2) is 54.0 Å². The molecular weight excluding hydrogens is 1040 g/mol. The Bertz CT molecular complexity index is 3210. The Balaban J connectivity index is 1.44. The summed E-state index contributed by atoms with van der Waals surface area (Å²) < 4.78 is 128. The lowest BCUT2D eigenvalue weighted by atomic mass is 9.69. The van der Waals surface area contributed by atoms with E-state index in [-0.39, 0.29) is 48.1 Å². The first kappa shape index (κ1) is 51.1. The molecule has 6 heterocycles. The van der Waals surface area contributed by atoms with Crippen LogP contribution in [0.25, 0.3) is 0 Å². The fourth-order valence-corrected chi connectivity index (χ4v) is 16.8. The molecule has 0 unspecified atom stereocenters. The van der Waals surface area contributed by atoms with Crippen LogP contribution in [0.4, 0.5) is 0 Å². The van der Waals surface area contributed by atoms with Crippen LogP contribution in [0.3, 0.4) is 0 Å². The molecule has 6 aliphatic heterocycles. The first-order valence-electron chi connectivity index (χ1n) is 22.8. The molecule has 0 aromatic heterocycles. The number of nitrogens with zero attached hydrogens (tertiary/aromatic N) is 3. The maximum atomic E-state index is 15.7. The molecule has 75 heavy (non-hydrogen) atoms. The third-order valence-electron chi connectivity index (χ3n) is 14.6. The number of methoxy groups -OCH3 is 6. The van der Waals surface area contributed by atoms with E-state index in [9.17, 15) is 28.8 Å². The zero-order valence-electron chi connectivity index (χ0n) is 41.3. The summed E-state index contributed by atoms with van der Waals surface area (Å²) in [6.07, 6.45) is 0. The summed E-state index contributed by atoms with van der Waals surface area (Å²) in [5.74, 6) is -7.46. The number of esters is 6. The Morgan fingerprint density at radius 1 is 0.307 bits per heavy atom. The van der Waals surface area contributed by atoms with Gasteiger partial charge in [0.1, 0.15) is 0 Å². The second-order valence-electron chi connectivity index (χ2n) is 18.3. The zero-order chi connectivity index (χ0) is 54.3. The predicted octanol–water partition coefficient (Wildman–Crippen LogP) is 3.94. The third-order valence-corrected chi connectivity index (χ3v) is 20.2. The smallest absolute Gasteiger partial charge is 0.336 e. The predicted molar refractivity (Wildman–Crippen MR) is 257 cm³/mol. The summed E-state index contributed by atoms with van der Waals surface area (Å²) >= 11 is 0. The molecule has 4 aromatic carbocycles. The van der Waals surface area contributed by atoms with Gasteiger partial charge < -0.3 is 28.4 Å². The maximum absolute atomic E-state index is 15.7. The molecule has 10 rings (SSSR count). The number of benzene rings is 4. The second-order valence-corrected chi connectivity index (χ2v) is 23.8. The maximum Gasteiger partial charge on any atom is 0.336 e. The van der Waals surface area contributed by atoms with Crippen molar-refractivity contribution in [2.75, 3.05) is 42.7 Å². The lowest BCUT2D eigenvalue weighted by molar-refractivity contribution is -0.139. The molecule has 21 nitrogen and oxygen atoms in total. The number of sulfonamides is 3. The van der Waals surface area contributed by atoms with E-state index in [0.29, 0.717) is 16.7 Å². The molecule has 0 spiro atoms. The SMILES string of the molecule is COC(=O)C1=C(C(=O)OC)[C@H]2c3c(c4c(c5c3[C@H]3C(C(=O)OC)=C(C(=O)OC)[C@@H]5N3S(=O)(=O)c3ccc(C)cc3)[C@@H]3C(C(=O)OC)=C(C(=O)OC)[C@H]4N3S(=O)(=O)c3ccc(C)cc3)[C@@H]1N2S(=O)(=O)c1ccc(C)cc1. The van der Waals surface area contributed by atoms with Crippen LogP contribution in [0.1, 0.15) is 86.3 Å². The average Bonchev–Trinajstić information content (AvgIpc) is 4.27. The Hall–Kier alpha value is -7.35. The van der Waals surface area contributed by atoms with Crippen LogP contribution >= 0.6 is 0 Å². The zero-order valence-corrected chi connectivity index (χ0v) is 43.8. The van der Waals surface area contributed by atoms with Crippen molar-refractivity contribution >= 4 is 65.9 Å². The first-order valence-corrected chi connectivity index (χ1v) is 27.1. The third kappa shape index (κ3) is 6.78. The largest absolute Gasteiger partial charge is 0.466 e. The highest BCUT2D eigenvalue weighted by Crippen LogP contribution is 2.73. The Labute approximate surface area is 430 Å². The van der Waals surface area contributed by atoms with Crippen LogP contribution in [0, 0.1) is 20.8 Å². The van der Waals surface area contributed by atoms with E-state index in [1.807, 2.05) is 0 Å². The highest BCUT2D eigenvalue weighted by molar-refractivity contribution is 7.89. The fraction of sp³-hybridized carbons (Fsp3) is 0.294. The summed E-state index contributed by atoms with van der Waals surface area (Å²) in [7, 11) is -9.24. The average molecular weight is 1080 g/mol. The Morgan fingerprint density at radius 3 is 0.587 bits per heavy atom. The molecule has 6 atom stereocenters. The first-order chi connectivity index (χ1) is 35.5. The topological polar surface area (TPSA) is 270 Å². The number of fused-ring (bicyclic) bond motifs is 18. The van der Waals surface area contributed by atoms with E-state index in [1.165, 1.54) is 72.8 Å². The Morgan fingerprint density at radius 2 is 0.453 bits per heavy atom. The van der Waals surface area contributed by atoms with Gasteiger partial charge in [0.2, 0.25) is 30.1 Å². The minimum Gasteiger partial charge on any atom is -0.466 e. The van der Waals surface area contributed by atoms with Gasteiger partial charge in [-0.05, 0) is 90.6 Å². The molecule has 0 aliphatic carbocycles. The van der Waals surface area contributed by atoms with Crippen LogP contribution in [0.5, 0.6) is 0 Å². The molecule has 0 saturated heterocycles. The number of hydrogen-bond acceptors (Lipinski definition) is 18. The molecule has 0 radical (unpaired) electrons. The minimum atomic E-state index is -5.02. The van der Waals surface area contributed by atoms with Gasteiger partial charge in [-0.3, -0.25) is 0 Å². The highest BCUT2D eigenvalue weighted by atomic mass is 32.2. The molecule has 6 bridgehead atoms. The van der Waals surface area contributed by atoms with E-state index < -0.39 is 136 Å². The van der Waals surface area contributed by atoms with Crippen LogP contribution in [-0.2, 0) is 87.3 Å². The Kier molecular flexibility index (Phi) is 12.0. The van der Waals surface area contributed by atoms with Gasteiger partial charge in [-0.1, -0.05) is 53.1 Å². The summed E-state index contributed by atoms with van der Waals surface area (Å²) in [5.41, 5.74) is -3.14. The number of ether oxygens (including phenoxy) is 6. The summed E-state index contributed by atoms with van der Waals surface area (Å²) in [4.78, 5) is 85.8. The van der Waals surface area contributed by atoms with Crippen molar-refractivity contribution in [2.24, 2.45) is 0 Å². The molecule has 24 heteroatoms.